The Hall–Kier alpha value is -2.33. The molecule has 0 fully saturated rings. The van der Waals surface area contributed by atoms with E-state index in [2.05, 4.69) is 40.0 Å². The molecular weight excluding hydrogens is 320 g/mol. The third-order valence-electron chi connectivity index (χ3n) is 4.77. The zero-order valence-electron chi connectivity index (χ0n) is 13.8. The lowest BCUT2D eigenvalue weighted by atomic mass is 9.99. The molecule has 1 aliphatic rings. The molecule has 0 bridgehead atoms. The number of fused-ring (bicyclic) bond motifs is 1. The molecule has 4 rings (SSSR count). The van der Waals surface area contributed by atoms with Crippen LogP contribution in [0.3, 0.4) is 0 Å². The number of halogens is 1. The van der Waals surface area contributed by atoms with Crippen molar-refractivity contribution >= 4 is 17.3 Å². The predicted octanol–water partition coefficient (Wildman–Crippen LogP) is 4.01. The van der Waals surface area contributed by atoms with Gasteiger partial charge in [-0.3, -0.25) is 4.98 Å². The summed E-state index contributed by atoms with van der Waals surface area (Å²) in [5.41, 5.74) is 7.03. The monoisotopic (exact) mass is 338 g/mol. The Bertz CT molecular complexity index is 900. The van der Waals surface area contributed by atoms with E-state index in [-0.39, 0.29) is 0 Å². The van der Waals surface area contributed by atoms with Crippen LogP contribution in [0.15, 0.2) is 43.0 Å². The number of rotatable bonds is 2. The highest BCUT2D eigenvalue weighted by molar-refractivity contribution is 6.30. The molecule has 0 saturated carbocycles. The number of anilines is 1. The molecule has 0 spiro atoms. The van der Waals surface area contributed by atoms with Gasteiger partial charge in [0.25, 0.3) is 0 Å². The van der Waals surface area contributed by atoms with Gasteiger partial charge in [-0.25, -0.2) is 4.98 Å². The summed E-state index contributed by atoms with van der Waals surface area (Å²) in [6.07, 6.45) is 6.67. The normalized spacial score (nSPS) is 13.9. The standard InChI is InChI=1S/C19H19ClN4/c1-13-19(22-12-23(13)2)16-8-18(10-21-9-16)24-6-5-14-7-17(20)4-3-15(14)11-24/h3-4,7-10,12H,5-6,11H2,1-2H3. The number of imidazole rings is 1. The minimum atomic E-state index is 0.816. The first-order valence-corrected chi connectivity index (χ1v) is 8.45. The SMILES string of the molecule is Cc1c(-c2cncc(N3CCc4cc(Cl)ccc4C3)c2)ncn1C. The van der Waals surface area contributed by atoms with Crippen LogP contribution in [0, 0.1) is 6.92 Å². The minimum absolute atomic E-state index is 0.816. The number of pyridine rings is 1. The van der Waals surface area contributed by atoms with Crippen molar-refractivity contribution in [3.63, 3.8) is 0 Å². The van der Waals surface area contributed by atoms with Crippen LogP contribution in [0.1, 0.15) is 16.8 Å². The fourth-order valence-electron chi connectivity index (χ4n) is 3.25. The van der Waals surface area contributed by atoms with E-state index in [1.165, 1.54) is 11.1 Å². The highest BCUT2D eigenvalue weighted by Crippen LogP contribution is 2.29. The molecule has 3 heterocycles. The third kappa shape index (κ3) is 2.67. The summed E-state index contributed by atoms with van der Waals surface area (Å²) < 4.78 is 2.03. The van der Waals surface area contributed by atoms with Crippen LogP contribution in [0.25, 0.3) is 11.3 Å². The zero-order chi connectivity index (χ0) is 16.7. The Morgan fingerprint density at radius 3 is 2.79 bits per heavy atom. The number of aromatic nitrogens is 3. The Morgan fingerprint density at radius 1 is 1.12 bits per heavy atom. The molecule has 0 N–H and O–H groups in total. The second-order valence-electron chi connectivity index (χ2n) is 6.31. The average Bonchev–Trinajstić information content (AvgIpc) is 2.94. The summed E-state index contributed by atoms with van der Waals surface area (Å²) in [7, 11) is 2.01. The molecule has 1 aliphatic heterocycles. The van der Waals surface area contributed by atoms with Crippen molar-refractivity contribution in [2.75, 3.05) is 11.4 Å². The molecule has 0 radical (unpaired) electrons. The summed E-state index contributed by atoms with van der Waals surface area (Å²) in [6.45, 7) is 3.94. The van der Waals surface area contributed by atoms with E-state index in [0.29, 0.717) is 0 Å². The van der Waals surface area contributed by atoms with Crippen LogP contribution in [0.2, 0.25) is 5.02 Å². The van der Waals surface area contributed by atoms with Crippen molar-refractivity contribution in [1.29, 1.82) is 0 Å². The predicted molar refractivity (Wildman–Crippen MR) is 97.4 cm³/mol. The molecule has 1 aromatic carbocycles. The molecule has 122 valence electrons. The molecule has 4 nitrogen and oxygen atoms in total. The lowest BCUT2D eigenvalue weighted by Gasteiger charge is -2.30. The van der Waals surface area contributed by atoms with Gasteiger partial charge in [0.05, 0.1) is 23.9 Å². The van der Waals surface area contributed by atoms with Gasteiger partial charge in [-0.2, -0.15) is 0 Å². The molecular formula is C19H19ClN4. The molecule has 0 saturated heterocycles. The van der Waals surface area contributed by atoms with Gasteiger partial charge in [0.1, 0.15) is 0 Å². The average molecular weight is 339 g/mol. The van der Waals surface area contributed by atoms with Gasteiger partial charge in [-0.15, -0.1) is 0 Å². The third-order valence-corrected chi connectivity index (χ3v) is 5.01. The number of hydrogen-bond acceptors (Lipinski definition) is 3. The van der Waals surface area contributed by atoms with Crippen molar-refractivity contribution < 1.29 is 0 Å². The largest absolute Gasteiger partial charge is 0.366 e. The highest BCUT2D eigenvalue weighted by Gasteiger charge is 2.18. The van der Waals surface area contributed by atoms with Crippen molar-refractivity contribution in [2.24, 2.45) is 7.05 Å². The van der Waals surface area contributed by atoms with Gasteiger partial charge >= 0.3 is 0 Å². The Balaban J connectivity index is 1.65. The smallest absolute Gasteiger partial charge is 0.0953 e. The molecule has 0 atom stereocenters. The minimum Gasteiger partial charge on any atom is -0.366 e. The topological polar surface area (TPSA) is 34.0 Å². The summed E-state index contributed by atoms with van der Waals surface area (Å²) in [6, 6.07) is 8.36. The van der Waals surface area contributed by atoms with E-state index in [0.717, 1.165) is 47.2 Å². The van der Waals surface area contributed by atoms with Crippen molar-refractivity contribution in [1.82, 2.24) is 14.5 Å². The Labute approximate surface area is 146 Å². The molecule has 5 heteroatoms. The van der Waals surface area contributed by atoms with Crippen molar-refractivity contribution in [3.8, 4) is 11.3 Å². The first-order valence-electron chi connectivity index (χ1n) is 8.07. The van der Waals surface area contributed by atoms with Crippen LogP contribution in [0.4, 0.5) is 5.69 Å². The maximum absolute atomic E-state index is 6.10. The molecule has 3 aromatic rings. The Kier molecular flexibility index (Phi) is 3.77. The van der Waals surface area contributed by atoms with Crippen LogP contribution < -0.4 is 4.90 Å². The fraction of sp³-hybridized carbons (Fsp3) is 0.263. The first kappa shape index (κ1) is 15.2. The van der Waals surface area contributed by atoms with Gasteiger partial charge in [0.2, 0.25) is 0 Å². The highest BCUT2D eigenvalue weighted by atomic mass is 35.5. The lowest BCUT2D eigenvalue weighted by molar-refractivity contribution is 0.730. The molecule has 0 amide bonds. The second-order valence-corrected chi connectivity index (χ2v) is 6.74. The second kappa shape index (κ2) is 5.95. The summed E-state index contributed by atoms with van der Waals surface area (Å²) >= 11 is 6.10. The molecule has 2 aromatic heterocycles. The van der Waals surface area contributed by atoms with Crippen LogP contribution in [-0.2, 0) is 20.0 Å². The van der Waals surface area contributed by atoms with Gasteiger partial charge in [-0.1, -0.05) is 17.7 Å². The van der Waals surface area contributed by atoms with Crippen LogP contribution >= 0.6 is 11.6 Å². The van der Waals surface area contributed by atoms with Gasteiger partial charge in [-0.05, 0) is 42.7 Å². The summed E-state index contributed by atoms with van der Waals surface area (Å²) in [5.74, 6) is 0. The number of hydrogen-bond donors (Lipinski definition) is 0. The van der Waals surface area contributed by atoms with Crippen LogP contribution in [-0.4, -0.2) is 21.1 Å². The summed E-state index contributed by atoms with van der Waals surface area (Å²) in [4.78, 5) is 11.3. The number of nitrogens with zero attached hydrogens (tertiary/aromatic N) is 4. The van der Waals surface area contributed by atoms with Gasteiger partial charge in [0.15, 0.2) is 0 Å². The zero-order valence-corrected chi connectivity index (χ0v) is 14.6. The number of aryl methyl sites for hydroxylation is 1. The fourth-order valence-corrected chi connectivity index (χ4v) is 3.44. The van der Waals surface area contributed by atoms with Gasteiger partial charge in [0, 0.05) is 42.6 Å². The quantitative estimate of drug-likeness (QED) is 0.708. The van der Waals surface area contributed by atoms with Gasteiger partial charge < -0.3 is 9.47 Å². The molecule has 0 unspecified atom stereocenters. The van der Waals surface area contributed by atoms with Crippen LogP contribution in [0.5, 0.6) is 0 Å². The maximum Gasteiger partial charge on any atom is 0.0953 e. The van der Waals surface area contributed by atoms with E-state index in [4.69, 9.17) is 11.6 Å². The van der Waals surface area contributed by atoms with E-state index in [9.17, 15) is 0 Å². The number of benzene rings is 1. The molecule has 0 aliphatic carbocycles. The van der Waals surface area contributed by atoms with E-state index < -0.39 is 0 Å². The van der Waals surface area contributed by atoms with Crippen molar-refractivity contribution in [3.05, 3.63) is 64.8 Å². The van der Waals surface area contributed by atoms with E-state index in [1.807, 2.05) is 36.4 Å². The van der Waals surface area contributed by atoms with Crippen molar-refractivity contribution in [2.45, 2.75) is 19.9 Å². The maximum atomic E-state index is 6.10. The molecule has 24 heavy (non-hydrogen) atoms. The summed E-state index contributed by atoms with van der Waals surface area (Å²) in [5, 5.41) is 0.816. The van der Waals surface area contributed by atoms with E-state index in [1.54, 1.807) is 0 Å². The van der Waals surface area contributed by atoms with E-state index >= 15 is 0 Å². The first-order chi connectivity index (χ1) is 11.6. The lowest BCUT2D eigenvalue weighted by Crippen LogP contribution is -2.30. The Morgan fingerprint density at radius 2 is 2.00 bits per heavy atom.